The topological polar surface area (TPSA) is 173 Å². The highest BCUT2D eigenvalue weighted by Gasteiger charge is 2.36. The summed E-state index contributed by atoms with van der Waals surface area (Å²) in [5.41, 5.74) is 4.62. The summed E-state index contributed by atoms with van der Waals surface area (Å²) in [5, 5.41) is 22.0. The summed E-state index contributed by atoms with van der Waals surface area (Å²) < 4.78 is 48.7. The van der Waals surface area contributed by atoms with Crippen LogP contribution in [0.5, 0.6) is 5.88 Å². The standard InChI is InChI=1S/C22H21F3N8O5S/c1-5-31-9(2)12(7-27-31)11-6-14(22(23,24)25)28-21-15(11)16(17(39-21)18(26)34)29-19(35)10(3)32-8-13(33(36)37)20(30-32)38-4/h6-8,10H,5H2,1-4H3,(H2,26,34)(H,29,35). The first-order valence-electron chi connectivity index (χ1n) is 11.2. The zero-order valence-electron chi connectivity index (χ0n) is 20.9. The van der Waals surface area contributed by atoms with E-state index in [4.69, 9.17) is 10.5 Å². The number of fused-ring (bicyclic) bond motifs is 1. The number of ether oxygens (including phenoxy) is 1. The number of hydrogen-bond donors (Lipinski definition) is 2. The Hall–Kier alpha value is -4.54. The molecular weight excluding hydrogens is 545 g/mol. The second-order valence-corrected chi connectivity index (χ2v) is 9.29. The van der Waals surface area contributed by atoms with Gasteiger partial charge in [-0.2, -0.15) is 18.3 Å². The second-order valence-electron chi connectivity index (χ2n) is 8.29. The van der Waals surface area contributed by atoms with Gasteiger partial charge in [-0.1, -0.05) is 0 Å². The van der Waals surface area contributed by atoms with Crippen LogP contribution in [-0.2, 0) is 17.5 Å². The van der Waals surface area contributed by atoms with E-state index in [-0.39, 0.29) is 32.2 Å². The third-order valence-electron chi connectivity index (χ3n) is 5.96. The Morgan fingerprint density at radius 1 is 1.33 bits per heavy atom. The van der Waals surface area contributed by atoms with Crippen molar-refractivity contribution in [2.24, 2.45) is 5.73 Å². The van der Waals surface area contributed by atoms with Crippen molar-refractivity contribution in [3.63, 3.8) is 0 Å². The summed E-state index contributed by atoms with van der Waals surface area (Å²) in [4.78, 5) is 39.4. The predicted octanol–water partition coefficient (Wildman–Crippen LogP) is 3.92. The Bertz CT molecular complexity index is 1620. The van der Waals surface area contributed by atoms with Crippen molar-refractivity contribution in [3.8, 4) is 17.0 Å². The van der Waals surface area contributed by atoms with Crippen molar-refractivity contribution in [2.45, 2.75) is 39.5 Å². The zero-order valence-corrected chi connectivity index (χ0v) is 21.7. The molecule has 17 heteroatoms. The van der Waals surface area contributed by atoms with E-state index in [9.17, 15) is 32.9 Å². The van der Waals surface area contributed by atoms with Crippen LogP contribution in [0.15, 0.2) is 18.5 Å². The number of hydrogen-bond acceptors (Lipinski definition) is 9. The minimum atomic E-state index is -4.81. The number of aromatic nitrogens is 5. The molecule has 0 aliphatic carbocycles. The fourth-order valence-corrected chi connectivity index (χ4v) is 4.97. The molecule has 1 atom stereocenters. The lowest BCUT2D eigenvalue weighted by Crippen LogP contribution is -2.25. The average molecular weight is 567 g/mol. The lowest BCUT2D eigenvalue weighted by atomic mass is 10.0. The normalized spacial score (nSPS) is 12.5. The van der Waals surface area contributed by atoms with Gasteiger partial charge in [-0.05, 0) is 32.4 Å². The van der Waals surface area contributed by atoms with Crippen molar-refractivity contribution in [3.05, 3.63) is 44.8 Å². The SMILES string of the molecule is CCn1ncc(-c2cc(C(F)(F)F)nc3sc(C(N)=O)c(NC(=O)C(C)n4cc([N+](=O)[O-])c(OC)n4)c23)c1C. The zero-order chi connectivity index (χ0) is 28.8. The highest BCUT2D eigenvalue weighted by atomic mass is 32.1. The number of carbonyl (C=O) groups excluding carboxylic acids is 2. The van der Waals surface area contributed by atoms with Gasteiger partial charge in [-0.25, -0.2) is 9.67 Å². The maximum absolute atomic E-state index is 13.8. The van der Waals surface area contributed by atoms with Crippen LogP contribution in [0.1, 0.15) is 40.9 Å². The van der Waals surface area contributed by atoms with E-state index in [0.29, 0.717) is 29.1 Å². The van der Waals surface area contributed by atoms with Gasteiger partial charge >= 0.3 is 17.7 Å². The Kier molecular flexibility index (Phi) is 7.03. The van der Waals surface area contributed by atoms with E-state index in [1.807, 2.05) is 6.92 Å². The lowest BCUT2D eigenvalue weighted by molar-refractivity contribution is -0.385. The van der Waals surface area contributed by atoms with Gasteiger partial charge in [0.25, 0.3) is 5.91 Å². The predicted molar refractivity (Wildman–Crippen MR) is 134 cm³/mol. The molecule has 4 aromatic heterocycles. The third kappa shape index (κ3) is 4.87. The van der Waals surface area contributed by atoms with E-state index < -0.39 is 40.3 Å². The van der Waals surface area contributed by atoms with Gasteiger partial charge in [0, 0.05) is 23.2 Å². The monoisotopic (exact) mass is 566 g/mol. The number of pyridine rings is 1. The molecule has 0 saturated carbocycles. The van der Waals surface area contributed by atoms with Gasteiger partial charge in [0.1, 0.15) is 27.6 Å². The molecule has 206 valence electrons. The first-order valence-corrected chi connectivity index (χ1v) is 12.1. The Balaban J connectivity index is 1.90. The highest BCUT2D eigenvalue weighted by Crippen LogP contribution is 2.44. The largest absolute Gasteiger partial charge is 0.475 e. The molecule has 0 spiro atoms. The van der Waals surface area contributed by atoms with E-state index >= 15 is 0 Å². The quantitative estimate of drug-likeness (QED) is 0.238. The molecular formula is C22H21F3N8O5S. The molecule has 0 aliphatic rings. The Morgan fingerprint density at radius 3 is 2.54 bits per heavy atom. The first-order chi connectivity index (χ1) is 18.3. The number of primary amides is 1. The summed E-state index contributed by atoms with van der Waals surface area (Å²) in [5.74, 6) is -2.12. The van der Waals surface area contributed by atoms with Crippen LogP contribution < -0.4 is 15.8 Å². The number of halogens is 3. The van der Waals surface area contributed by atoms with E-state index in [1.54, 1.807) is 11.6 Å². The van der Waals surface area contributed by atoms with Gasteiger partial charge in [0.2, 0.25) is 5.91 Å². The van der Waals surface area contributed by atoms with Crippen molar-refractivity contribution < 1.29 is 32.4 Å². The van der Waals surface area contributed by atoms with Gasteiger partial charge in [-0.15, -0.1) is 16.4 Å². The second kappa shape index (κ2) is 9.97. The molecule has 13 nitrogen and oxygen atoms in total. The number of thiophene rings is 1. The van der Waals surface area contributed by atoms with Crippen LogP contribution >= 0.6 is 11.3 Å². The molecule has 3 N–H and O–H groups in total. The molecule has 0 radical (unpaired) electrons. The van der Waals surface area contributed by atoms with Crippen LogP contribution in [0.25, 0.3) is 21.3 Å². The fourth-order valence-electron chi connectivity index (χ4n) is 3.96. The molecule has 4 heterocycles. The van der Waals surface area contributed by atoms with E-state index in [0.717, 1.165) is 16.9 Å². The van der Waals surface area contributed by atoms with Crippen molar-refractivity contribution in [1.29, 1.82) is 0 Å². The minimum Gasteiger partial charge on any atom is -0.475 e. The van der Waals surface area contributed by atoms with Gasteiger partial charge in [0.15, 0.2) is 0 Å². The van der Waals surface area contributed by atoms with Crippen LogP contribution in [-0.4, -0.2) is 48.4 Å². The van der Waals surface area contributed by atoms with E-state index in [1.165, 1.54) is 20.2 Å². The number of nitro groups is 1. The number of anilines is 1. The highest BCUT2D eigenvalue weighted by molar-refractivity contribution is 7.21. The number of carbonyl (C=O) groups is 2. The maximum atomic E-state index is 13.8. The first kappa shape index (κ1) is 27.5. The summed E-state index contributed by atoms with van der Waals surface area (Å²) in [7, 11) is 1.17. The van der Waals surface area contributed by atoms with Crippen LogP contribution in [0, 0.1) is 17.0 Å². The number of methoxy groups -OCH3 is 1. The fraction of sp³-hybridized carbons (Fsp3) is 0.318. The number of rotatable bonds is 8. The summed E-state index contributed by atoms with van der Waals surface area (Å²) in [6.45, 7) is 5.30. The van der Waals surface area contributed by atoms with Crippen molar-refractivity contribution in [2.75, 3.05) is 12.4 Å². The number of aryl methyl sites for hydroxylation is 1. The third-order valence-corrected chi connectivity index (χ3v) is 7.06. The molecule has 0 saturated heterocycles. The smallest absolute Gasteiger partial charge is 0.433 e. The number of amides is 2. The van der Waals surface area contributed by atoms with Gasteiger partial charge < -0.3 is 15.8 Å². The summed E-state index contributed by atoms with van der Waals surface area (Å²) in [6, 6.07) is -0.344. The average Bonchev–Trinajstić information content (AvgIpc) is 3.57. The summed E-state index contributed by atoms with van der Waals surface area (Å²) in [6.07, 6.45) is -2.42. The number of nitrogens with zero attached hydrogens (tertiary/aromatic N) is 6. The summed E-state index contributed by atoms with van der Waals surface area (Å²) >= 11 is 0.594. The minimum absolute atomic E-state index is 0.0348. The lowest BCUT2D eigenvalue weighted by Gasteiger charge is -2.15. The molecule has 4 rings (SSSR count). The molecule has 4 aromatic rings. The number of nitrogens with one attached hydrogen (secondary N) is 1. The maximum Gasteiger partial charge on any atom is 0.433 e. The molecule has 0 aromatic carbocycles. The number of nitrogens with two attached hydrogens (primary N) is 1. The van der Waals surface area contributed by atoms with Crippen LogP contribution in [0.3, 0.4) is 0 Å². The Morgan fingerprint density at radius 2 is 2.03 bits per heavy atom. The van der Waals surface area contributed by atoms with Crippen LogP contribution in [0.2, 0.25) is 0 Å². The molecule has 0 fully saturated rings. The van der Waals surface area contributed by atoms with E-state index in [2.05, 4.69) is 20.5 Å². The van der Waals surface area contributed by atoms with Gasteiger partial charge in [0.05, 0.1) is 23.9 Å². The van der Waals surface area contributed by atoms with Crippen molar-refractivity contribution in [1.82, 2.24) is 24.5 Å². The number of alkyl halides is 3. The molecule has 39 heavy (non-hydrogen) atoms. The van der Waals surface area contributed by atoms with Crippen LogP contribution in [0.4, 0.5) is 24.5 Å². The Labute approximate surface area is 221 Å². The van der Waals surface area contributed by atoms with Crippen molar-refractivity contribution >= 4 is 44.7 Å². The van der Waals surface area contributed by atoms with Gasteiger partial charge in [-0.3, -0.25) is 24.4 Å². The molecule has 2 amide bonds. The molecule has 1 unspecified atom stereocenters. The molecule has 0 aliphatic heterocycles. The molecule has 0 bridgehead atoms.